The molecule has 0 bridgehead atoms. The summed E-state index contributed by atoms with van der Waals surface area (Å²) in [6.07, 6.45) is 0. The van der Waals surface area contributed by atoms with Crippen LogP contribution in [0.4, 0.5) is 4.39 Å². The quantitative estimate of drug-likeness (QED) is 0.887. The Balaban J connectivity index is 2.34. The highest BCUT2D eigenvalue weighted by Gasteiger charge is 2.19. The Morgan fingerprint density at radius 1 is 1.29 bits per heavy atom. The summed E-state index contributed by atoms with van der Waals surface area (Å²) < 4.78 is 18.5. The first kappa shape index (κ1) is 11.7. The zero-order valence-corrected chi connectivity index (χ0v) is 9.72. The van der Waals surface area contributed by atoms with E-state index in [0.717, 1.165) is 0 Å². The molecule has 2 N–H and O–H groups in total. The van der Waals surface area contributed by atoms with Gasteiger partial charge in [-0.2, -0.15) is 4.98 Å². The third kappa shape index (κ3) is 2.34. The highest BCUT2D eigenvalue weighted by molar-refractivity contribution is 5.53. The molecule has 0 saturated heterocycles. The van der Waals surface area contributed by atoms with E-state index in [-0.39, 0.29) is 23.7 Å². The molecule has 0 aliphatic rings. The lowest BCUT2D eigenvalue weighted by atomic mass is 10.1. The van der Waals surface area contributed by atoms with E-state index in [4.69, 9.17) is 10.3 Å². The molecule has 0 amide bonds. The van der Waals surface area contributed by atoms with Crippen LogP contribution in [0, 0.1) is 11.7 Å². The molecular formula is C12H14FN3O. The average molecular weight is 235 g/mol. The Morgan fingerprint density at radius 3 is 2.65 bits per heavy atom. The van der Waals surface area contributed by atoms with Gasteiger partial charge in [0.1, 0.15) is 5.82 Å². The second-order valence-electron chi connectivity index (χ2n) is 4.21. The fourth-order valence-corrected chi connectivity index (χ4v) is 1.41. The number of aromatic nitrogens is 2. The molecule has 2 aromatic rings. The van der Waals surface area contributed by atoms with Crippen molar-refractivity contribution in [2.24, 2.45) is 11.7 Å². The van der Waals surface area contributed by atoms with E-state index in [1.807, 2.05) is 13.8 Å². The molecule has 1 heterocycles. The van der Waals surface area contributed by atoms with Gasteiger partial charge in [0, 0.05) is 0 Å². The van der Waals surface area contributed by atoms with E-state index in [1.54, 1.807) is 18.2 Å². The van der Waals surface area contributed by atoms with Crippen molar-refractivity contribution >= 4 is 0 Å². The fraction of sp³-hybridized carbons (Fsp3) is 0.333. The Kier molecular flexibility index (Phi) is 3.19. The molecule has 90 valence electrons. The zero-order chi connectivity index (χ0) is 12.4. The second-order valence-corrected chi connectivity index (χ2v) is 4.21. The molecular weight excluding hydrogens is 221 g/mol. The Hall–Kier alpha value is -1.75. The first-order valence-corrected chi connectivity index (χ1v) is 5.43. The van der Waals surface area contributed by atoms with Gasteiger partial charge in [0.15, 0.2) is 5.82 Å². The van der Waals surface area contributed by atoms with Crippen LogP contribution in [0.5, 0.6) is 0 Å². The Morgan fingerprint density at radius 2 is 2.00 bits per heavy atom. The van der Waals surface area contributed by atoms with E-state index in [0.29, 0.717) is 11.4 Å². The minimum absolute atomic E-state index is 0.161. The van der Waals surface area contributed by atoms with Crippen molar-refractivity contribution in [2.45, 2.75) is 19.9 Å². The average Bonchev–Trinajstić information content (AvgIpc) is 2.77. The predicted octanol–water partition coefficient (Wildman–Crippen LogP) is 2.53. The normalized spacial score (nSPS) is 13.0. The van der Waals surface area contributed by atoms with Crippen LogP contribution in [-0.2, 0) is 0 Å². The van der Waals surface area contributed by atoms with Crippen LogP contribution in [0.3, 0.4) is 0 Å². The summed E-state index contributed by atoms with van der Waals surface area (Å²) in [7, 11) is 0. The van der Waals surface area contributed by atoms with Crippen molar-refractivity contribution in [3.63, 3.8) is 0 Å². The molecule has 4 nitrogen and oxygen atoms in total. The minimum Gasteiger partial charge on any atom is -0.334 e. The lowest BCUT2D eigenvalue weighted by Crippen LogP contribution is -2.18. The summed E-state index contributed by atoms with van der Waals surface area (Å²) in [6, 6.07) is 5.95. The fourth-order valence-electron chi connectivity index (χ4n) is 1.41. The number of rotatable bonds is 3. The zero-order valence-electron chi connectivity index (χ0n) is 9.72. The standard InChI is InChI=1S/C12H14FN3O/c1-7(2)10(14)11-15-12(17-16-11)8-5-3-4-6-9(8)13/h3-7,10H,14H2,1-2H3. The lowest BCUT2D eigenvalue weighted by Gasteiger charge is -2.09. The Labute approximate surface area is 98.6 Å². The van der Waals surface area contributed by atoms with Gasteiger partial charge >= 0.3 is 0 Å². The van der Waals surface area contributed by atoms with Crippen molar-refractivity contribution in [2.75, 3.05) is 0 Å². The van der Waals surface area contributed by atoms with Crippen LogP contribution < -0.4 is 5.73 Å². The van der Waals surface area contributed by atoms with Gasteiger partial charge in [0.25, 0.3) is 5.89 Å². The first-order chi connectivity index (χ1) is 8.09. The first-order valence-electron chi connectivity index (χ1n) is 5.43. The number of halogens is 1. The predicted molar refractivity (Wildman–Crippen MR) is 61.5 cm³/mol. The van der Waals surface area contributed by atoms with Gasteiger partial charge in [-0.05, 0) is 18.1 Å². The smallest absolute Gasteiger partial charge is 0.260 e. The number of nitrogens with zero attached hydrogens (tertiary/aromatic N) is 2. The third-order valence-corrected chi connectivity index (χ3v) is 2.56. The lowest BCUT2D eigenvalue weighted by molar-refractivity contribution is 0.398. The van der Waals surface area contributed by atoms with Crippen molar-refractivity contribution in [1.29, 1.82) is 0 Å². The molecule has 1 aromatic carbocycles. The SMILES string of the molecule is CC(C)C(N)c1noc(-c2ccccc2F)n1. The van der Waals surface area contributed by atoms with E-state index in [1.165, 1.54) is 6.07 Å². The summed E-state index contributed by atoms with van der Waals surface area (Å²) in [5, 5.41) is 3.78. The van der Waals surface area contributed by atoms with E-state index < -0.39 is 0 Å². The van der Waals surface area contributed by atoms with Crippen LogP contribution in [0.2, 0.25) is 0 Å². The molecule has 0 radical (unpaired) electrons. The topological polar surface area (TPSA) is 64.9 Å². The molecule has 5 heteroatoms. The monoisotopic (exact) mass is 235 g/mol. The molecule has 17 heavy (non-hydrogen) atoms. The van der Waals surface area contributed by atoms with Gasteiger partial charge < -0.3 is 10.3 Å². The van der Waals surface area contributed by atoms with E-state index in [2.05, 4.69) is 10.1 Å². The third-order valence-electron chi connectivity index (χ3n) is 2.56. The van der Waals surface area contributed by atoms with Crippen LogP contribution in [0.15, 0.2) is 28.8 Å². The molecule has 0 fully saturated rings. The van der Waals surface area contributed by atoms with Crippen molar-refractivity contribution in [3.05, 3.63) is 35.9 Å². The van der Waals surface area contributed by atoms with Crippen molar-refractivity contribution in [1.82, 2.24) is 10.1 Å². The maximum atomic E-state index is 13.5. The van der Waals surface area contributed by atoms with Gasteiger partial charge in [0.2, 0.25) is 0 Å². The number of benzene rings is 1. The molecule has 0 aliphatic carbocycles. The second kappa shape index (κ2) is 4.63. The Bertz CT molecular complexity index is 510. The summed E-state index contributed by atoms with van der Waals surface area (Å²) in [4.78, 5) is 4.12. The van der Waals surface area contributed by atoms with Crippen LogP contribution in [0.25, 0.3) is 11.5 Å². The maximum absolute atomic E-state index is 13.5. The highest BCUT2D eigenvalue weighted by atomic mass is 19.1. The molecule has 0 aliphatic heterocycles. The summed E-state index contributed by atoms with van der Waals surface area (Å²) in [6.45, 7) is 3.92. The molecule has 1 atom stereocenters. The molecule has 1 unspecified atom stereocenters. The van der Waals surface area contributed by atoms with Crippen LogP contribution in [0.1, 0.15) is 25.7 Å². The summed E-state index contributed by atoms with van der Waals surface area (Å²) in [5.74, 6) is 0.370. The summed E-state index contributed by atoms with van der Waals surface area (Å²) >= 11 is 0. The van der Waals surface area contributed by atoms with Gasteiger partial charge in [0.05, 0.1) is 11.6 Å². The van der Waals surface area contributed by atoms with E-state index >= 15 is 0 Å². The van der Waals surface area contributed by atoms with Gasteiger partial charge in [-0.15, -0.1) is 0 Å². The molecule has 1 aromatic heterocycles. The van der Waals surface area contributed by atoms with Crippen LogP contribution in [-0.4, -0.2) is 10.1 Å². The molecule has 2 rings (SSSR count). The van der Waals surface area contributed by atoms with Gasteiger partial charge in [-0.1, -0.05) is 31.1 Å². The largest absolute Gasteiger partial charge is 0.334 e. The summed E-state index contributed by atoms with van der Waals surface area (Å²) in [5.41, 5.74) is 6.18. The minimum atomic E-state index is -0.388. The van der Waals surface area contributed by atoms with Gasteiger partial charge in [-0.3, -0.25) is 0 Å². The highest BCUT2D eigenvalue weighted by Crippen LogP contribution is 2.23. The number of hydrogen-bond donors (Lipinski definition) is 1. The molecule has 0 saturated carbocycles. The number of nitrogens with two attached hydrogens (primary N) is 1. The number of hydrogen-bond acceptors (Lipinski definition) is 4. The van der Waals surface area contributed by atoms with Crippen LogP contribution >= 0.6 is 0 Å². The molecule has 0 spiro atoms. The van der Waals surface area contributed by atoms with Gasteiger partial charge in [-0.25, -0.2) is 4.39 Å². The van der Waals surface area contributed by atoms with Crippen molar-refractivity contribution < 1.29 is 8.91 Å². The maximum Gasteiger partial charge on any atom is 0.260 e. The van der Waals surface area contributed by atoms with E-state index in [9.17, 15) is 4.39 Å². The van der Waals surface area contributed by atoms with Crippen molar-refractivity contribution in [3.8, 4) is 11.5 Å².